The van der Waals surface area contributed by atoms with E-state index in [0.717, 1.165) is 0 Å². The Hall–Kier alpha value is -1.37. The monoisotopic (exact) mass is 229 g/mol. The minimum atomic E-state index is -3.05. The number of nitrogens with one attached hydrogen (secondary N) is 1. The number of aromatic amines is 1. The van der Waals surface area contributed by atoms with Gasteiger partial charge in [0.05, 0.1) is 17.2 Å². The molecule has 2 rings (SSSR count). The predicted octanol–water partition coefficient (Wildman–Crippen LogP) is -1.13. The van der Waals surface area contributed by atoms with Gasteiger partial charge in [-0.3, -0.25) is 9.78 Å². The second-order valence-corrected chi connectivity index (χ2v) is 5.83. The van der Waals surface area contributed by atoms with E-state index in [1.165, 1.54) is 0 Å². The zero-order valence-electron chi connectivity index (χ0n) is 7.99. The third kappa shape index (κ3) is 2.01. The summed E-state index contributed by atoms with van der Waals surface area (Å²) in [5, 5.41) is 0. The summed E-state index contributed by atoms with van der Waals surface area (Å²) < 4.78 is 22.7. The molecule has 0 aliphatic carbocycles. The summed E-state index contributed by atoms with van der Waals surface area (Å²) in [6.45, 7) is 0. The number of aryl methyl sites for hydroxylation is 1. The van der Waals surface area contributed by atoms with Gasteiger partial charge >= 0.3 is 0 Å². The molecule has 0 radical (unpaired) electrons. The van der Waals surface area contributed by atoms with Gasteiger partial charge in [-0.15, -0.1) is 0 Å². The van der Waals surface area contributed by atoms with E-state index in [-0.39, 0.29) is 35.9 Å². The smallest absolute Gasteiger partial charge is 0.255 e. The predicted molar refractivity (Wildman–Crippen MR) is 55.3 cm³/mol. The molecule has 0 saturated carbocycles. The van der Waals surface area contributed by atoms with Crippen LogP contribution in [-0.4, -0.2) is 29.9 Å². The maximum Gasteiger partial charge on any atom is 0.255 e. The standard InChI is InChI=1S/C8H11N3O3S/c9-8-10-6-2-4-15(13,14)3-1-5(6)7(12)11-8/h1-4H2,(H3,9,10,11,12). The van der Waals surface area contributed by atoms with Crippen molar-refractivity contribution in [1.82, 2.24) is 9.97 Å². The summed E-state index contributed by atoms with van der Waals surface area (Å²) in [7, 11) is -3.05. The third-order valence-electron chi connectivity index (χ3n) is 2.43. The van der Waals surface area contributed by atoms with Crippen LogP contribution in [0.15, 0.2) is 4.79 Å². The summed E-state index contributed by atoms with van der Waals surface area (Å²) in [4.78, 5) is 17.8. The van der Waals surface area contributed by atoms with Gasteiger partial charge in [-0.2, -0.15) is 0 Å². The number of hydrogen-bond donors (Lipinski definition) is 2. The molecule has 7 heteroatoms. The zero-order chi connectivity index (χ0) is 11.1. The fourth-order valence-electron chi connectivity index (χ4n) is 1.64. The minimum Gasteiger partial charge on any atom is -0.369 e. The summed E-state index contributed by atoms with van der Waals surface area (Å²) in [6.07, 6.45) is 0.492. The first-order chi connectivity index (χ1) is 6.98. The quantitative estimate of drug-likeness (QED) is 0.585. The van der Waals surface area contributed by atoms with Gasteiger partial charge < -0.3 is 5.73 Å². The average Bonchev–Trinajstić information content (AvgIpc) is 2.26. The number of nitrogens with zero attached hydrogens (tertiary/aromatic N) is 1. The zero-order valence-corrected chi connectivity index (χ0v) is 8.80. The molecule has 2 heterocycles. The maximum atomic E-state index is 11.5. The van der Waals surface area contributed by atoms with E-state index in [1.54, 1.807) is 0 Å². The van der Waals surface area contributed by atoms with Gasteiger partial charge in [-0.05, 0) is 6.42 Å². The molecule has 3 N–H and O–H groups in total. The van der Waals surface area contributed by atoms with Gasteiger partial charge in [-0.1, -0.05) is 0 Å². The van der Waals surface area contributed by atoms with Crippen molar-refractivity contribution < 1.29 is 8.42 Å². The normalized spacial score (nSPS) is 19.2. The molecule has 0 fully saturated rings. The molecule has 1 aromatic heterocycles. The molecule has 0 spiro atoms. The van der Waals surface area contributed by atoms with E-state index in [1.807, 2.05) is 0 Å². The maximum absolute atomic E-state index is 11.5. The number of H-pyrrole nitrogens is 1. The van der Waals surface area contributed by atoms with Crippen molar-refractivity contribution in [3.05, 3.63) is 21.6 Å². The fourth-order valence-corrected chi connectivity index (χ4v) is 2.86. The van der Waals surface area contributed by atoms with Crippen molar-refractivity contribution in [1.29, 1.82) is 0 Å². The molecule has 1 aliphatic heterocycles. The van der Waals surface area contributed by atoms with Crippen LogP contribution in [0.25, 0.3) is 0 Å². The minimum absolute atomic E-state index is 0.00861. The number of aromatic nitrogens is 2. The number of nitrogen functional groups attached to an aromatic ring is 1. The molecule has 0 amide bonds. The first-order valence-electron chi connectivity index (χ1n) is 4.56. The largest absolute Gasteiger partial charge is 0.369 e. The van der Waals surface area contributed by atoms with E-state index in [9.17, 15) is 13.2 Å². The second kappa shape index (κ2) is 3.34. The highest BCUT2D eigenvalue weighted by molar-refractivity contribution is 7.91. The lowest BCUT2D eigenvalue weighted by Gasteiger charge is -2.02. The van der Waals surface area contributed by atoms with Gasteiger partial charge in [0.2, 0.25) is 5.95 Å². The number of fused-ring (bicyclic) bond motifs is 1. The lowest BCUT2D eigenvalue weighted by molar-refractivity contribution is 0.596. The van der Waals surface area contributed by atoms with E-state index >= 15 is 0 Å². The van der Waals surface area contributed by atoms with Crippen LogP contribution in [0, 0.1) is 0 Å². The number of nitrogens with two attached hydrogens (primary N) is 1. The van der Waals surface area contributed by atoms with Crippen molar-refractivity contribution in [2.75, 3.05) is 17.2 Å². The van der Waals surface area contributed by atoms with Crippen LogP contribution in [0.3, 0.4) is 0 Å². The van der Waals surface area contributed by atoms with Gasteiger partial charge in [0, 0.05) is 12.0 Å². The Morgan fingerprint density at radius 2 is 1.93 bits per heavy atom. The summed E-state index contributed by atoms with van der Waals surface area (Å²) in [6, 6.07) is 0. The van der Waals surface area contributed by atoms with Crippen molar-refractivity contribution in [3.8, 4) is 0 Å². The summed E-state index contributed by atoms with van der Waals surface area (Å²) in [5.74, 6) is 0.0861. The van der Waals surface area contributed by atoms with Crippen LogP contribution in [0.1, 0.15) is 11.3 Å². The molecule has 0 saturated heterocycles. The van der Waals surface area contributed by atoms with Crippen molar-refractivity contribution >= 4 is 15.8 Å². The molecule has 0 bridgehead atoms. The Balaban J connectivity index is 2.53. The molecule has 0 aromatic carbocycles. The lowest BCUT2D eigenvalue weighted by Crippen LogP contribution is -2.19. The highest BCUT2D eigenvalue weighted by Crippen LogP contribution is 2.11. The van der Waals surface area contributed by atoms with Gasteiger partial charge in [0.1, 0.15) is 0 Å². The van der Waals surface area contributed by atoms with E-state index < -0.39 is 9.84 Å². The van der Waals surface area contributed by atoms with E-state index in [2.05, 4.69) is 9.97 Å². The Bertz CT molecular complexity index is 547. The number of sulfone groups is 1. The van der Waals surface area contributed by atoms with Crippen LogP contribution in [-0.2, 0) is 22.7 Å². The lowest BCUT2D eigenvalue weighted by atomic mass is 10.1. The number of rotatable bonds is 0. The SMILES string of the molecule is Nc1nc2c(c(=O)[nH]1)CCS(=O)(=O)CC2. The second-order valence-electron chi connectivity index (χ2n) is 3.53. The Kier molecular flexibility index (Phi) is 2.26. The van der Waals surface area contributed by atoms with Crippen molar-refractivity contribution in [3.63, 3.8) is 0 Å². The third-order valence-corrected chi connectivity index (χ3v) is 4.08. The molecule has 1 aromatic rings. The Labute approximate surface area is 86.5 Å². The van der Waals surface area contributed by atoms with Gasteiger partial charge in [0.25, 0.3) is 5.56 Å². The summed E-state index contributed by atoms with van der Waals surface area (Å²) in [5.41, 5.74) is 6.02. The summed E-state index contributed by atoms with van der Waals surface area (Å²) >= 11 is 0. The molecule has 1 aliphatic rings. The first-order valence-corrected chi connectivity index (χ1v) is 6.38. The molecular formula is C8H11N3O3S. The highest BCUT2D eigenvalue weighted by atomic mass is 32.2. The Morgan fingerprint density at radius 3 is 2.67 bits per heavy atom. The van der Waals surface area contributed by atoms with E-state index in [0.29, 0.717) is 11.3 Å². The topological polar surface area (TPSA) is 106 Å². The van der Waals surface area contributed by atoms with Gasteiger partial charge in [0.15, 0.2) is 9.84 Å². The molecular weight excluding hydrogens is 218 g/mol. The molecule has 0 atom stereocenters. The van der Waals surface area contributed by atoms with Crippen molar-refractivity contribution in [2.45, 2.75) is 12.8 Å². The molecule has 0 unspecified atom stereocenters. The molecule has 82 valence electrons. The molecule has 6 nitrogen and oxygen atoms in total. The van der Waals surface area contributed by atoms with Crippen LogP contribution < -0.4 is 11.3 Å². The highest BCUT2D eigenvalue weighted by Gasteiger charge is 2.21. The van der Waals surface area contributed by atoms with E-state index in [4.69, 9.17) is 5.73 Å². The van der Waals surface area contributed by atoms with Crippen molar-refractivity contribution in [2.24, 2.45) is 0 Å². The van der Waals surface area contributed by atoms with Crippen LogP contribution in [0.2, 0.25) is 0 Å². The fraction of sp³-hybridized carbons (Fsp3) is 0.500. The van der Waals surface area contributed by atoms with Crippen LogP contribution in [0.4, 0.5) is 5.95 Å². The van der Waals surface area contributed by atoms with Crippen LogP contribution >= 0.6 is 0 Å². The number of anilines is 1. The first kappa shape index (κ1) is 10.2. The Morgan fingerprint density at radius 1 is 1.27 bits per heavy atom. The van der Waals surface area contributed by atoms with Crippen LogP contribution in [0.5, 0.6) is 0 Å². The van der Waals surface area contributed by atoms with Gasteiger partial charge in [-0.25, -0.2) is 13.4 Å². The average molecular weight is 229 g/mol. The number of hydrogen-bond acceptors (Lipinski definition) is 5. The molecule has 15 heavy (non-hydrogen) atoms.